The van der Waals surface area contributed by atoms with Gasteiger partial charge in [0.2, 0.25) is 0 Å². The monoisotopic (exact) mass is 416 g/mol. The van der Waals surface area contributed by atoms with Crippen LogP contribution in [0.4, 0.5) is 5.69 Å². The normalized spacial score (nSPS) is 12.0. The molecule has 0 aliphatic carbocycles. The Balaban J connectivity index is 1.45. The van der Waals surface area contributed by atoms with E-state index in [1.54, 1.807) is 25.2 Å². The van der Waals surface area contributed by atoms with Gasteiger partial charge in [0.25, 0.3) is 5.91 Å². The summed E-state index contributed by atoms with van der Waals surface area (Å²) in [5, 5.41) is 10.9. The Bertz CT molecular complexity index is 946. The van der Waals surface area contributed by atoms with E-state index in [4.69, 9.17) is 18.9 Å². The molecule has 2 aromatic rings. The lowest BCUT2D eigenvalue weighted by molar-refractivity contribution is -0.385. The fourth-order valence-corrected chi connectivity index (χ4v) is 2.71. The Kier molecular flexibility index (Phi) is 6.68. The second-order valence-corrected chi connectivity index (χ2v) is 6.40. The Labute approximate surface area is 172 Å². The topological polar surface area (TPSA) is 117 Å². The quantitative estimate of drug-likeness (QED) is 0.364. The van der Waals surface area contributed by atoms with Gasteiger partial charge in [-0.1, -0.05) is 18.2 Å². The maximum Gasteiger partial charge on any atom is 0.344 e. The van der Waals surface area contributed by atoms with Gasteiger partial charge < -0.3 is 23.8 Å². The fourth-order valence-electron chi connectivity index (χ4n) is 2.71. The van der Waals surface area contributed by atoms with E-state index in [1.807, 2.05) is 6.07 Å². The van der Waals surface area contributed by atoms with E-state index in [0.717, 1.165) is 5.56 Å². The Hall–Kier alpha value is -3.82. The van der Waals surface area contributed by atoms with Gasteiger partial charge in [-0.15, -0.1) is 0 Å². The number of carbonyl (C=O) groups excluding carboxylic acids is 2. The number of nitro benzene ring substituents is 1. The van der Waals surface area contributed by atoms with Crippen molar-refractivity contribution in [1.29, 1.82) is 0 Å². The second-order valence-electron chi connectivity index (χ2n) is 6.40. The van der Waals surface area contributed by atoms with Gasteiger partial charge in [0, 0.05) is 19.7 Å². The Morgan fingerprint density at radius 1 is 1.10 bits per heavy atom. The molecule has 0 radical (unpaired) electrons. The number of nitro groups is 1. The molecule has 1 aliphatic rings. The highest BCUT2D eigenvalue weighted by Gasteiger charge is 2.18. The number of nitrogens with zero attached hydrogens (tertiary/aromatic N) is 2. The molecule has 0 unspecified atom stereocenters. The Morgan fingerprint density at radius 2 is 1.83 bits per heavy atom. The summed E-state index contributed by atoms with van der Waals surface area (Å²) in [5.41, 5.74) is 0.571. The van der Waals surface area contributed by atoms with E-state index in [-0.39, 0.29) is 11.4 Å². The zero-order valence-electron chi connectivity index (χ0n) is 16.2. The lowest BCUT2D eigenvalue weighted by Crippen LogP contribution is -2.31. The van der Waals surface area contributed by atoms with Crippen LogP contribution in [0.5, 0.6) is 17.2 Å². The van der Waals surface area contributed by atoms with Crippen LogP contribution in [0.2, 0.25) is 0 Å². The maximum atomic E-state index is 12.2. The van der Waals surface area contributed by atoms with Crippen molar-refractivity contribution in [2.45, 2.75) is 6.54 Å². The molecule has 1 amide bonds. The van der Waals surface area contributed by atoms with Crippen LogP contribution in [0.1, 0.15) is 5.56 Å². The summed E-state index contributed by atoms with van der Waals surface area (Å²) in [6, 6.07) is 11.1. The third-order valence-electron chi connectivity index (χ3n) is 4.22. The number of benzene rings is 2. The summed E-state index contributed by atoms with van der Waals surface area (Å²) < 4.78 is 21.0. The first-order chi connectivity index (χ1) is 14.4. The van der Waals surface area contributed by atoms with Gasteiger partial charge in [-0.3, -0.25) is 14.9 Å². The zero-order valence-corrected chi connectivity index (χ0v) is 16.2. The number of hydrogen-bond donors (Lipinski definition) is 0. The lowest BCUT2D eigenvalue weighted by atomic mass is 10.2. The summed E-state index contributed by atoms with van der Waals surface area (Å²) in [4.78, 5) is 35.8. The summed E-state index contributed by atoms with van der Waals surface area (Å²) in [6.45, 7) is 0.233. The van der Waals surface area contributed by atoms with Gasteiger partial charge in [-0.05, 0) is 23.8 Å². The van der Waals surface area contributed by atoms with Crippen LogP contribution in [0.3, 0.4) is 0 Å². The predicted octanol–water partition coefficient (Wildman–Crippen LogP) is 1.95. The average molecular weight is 416 g/mol. The first-order valence-corrected chi connectivity index (χ1v) is 9.08. The predicted molar refractivity (Wildman–Crippen MR) is 103 cm³/mol. The van der Waals surface area contributed by atoms with Crippen LogP contribution in [0, 0.1) is 10.1 Å². The molecule has 1 aliphatic heterocycles. The summed E-state index contributed by atoms with van der Waals surface area (Å²) in [6.07, 6.45) is 0. The molecule has 0 saturated heterocycles. The van der Waals surface area contributed by atoms with Crippen LogP contribution < -0.4 is 14.2 Å². The van der Waals surface area contributed by atoms with Crippen molar-refractivity contribution in [1.82, 2.24) is 4.90 Å². The molecule has 3 rings (SSSR count). The SMILES string of the molecule is CN(Cc1ccc2c(c1)OCCO2)C(=O)COC(=O)COc1ccccc1[N+](=O)[O-]. The summed E-state index contributed by atoms with van der Waals surface area (Å²) in [5.74, 6) is 0.00408. The molecular formula is C20H20N2O8. The molecule has 30 heavy (non-hydrogen) atoms. The molecule has 0 N–H and O–H groups in total. The highest BCUT2D eigenvalue weighted by atomic mass is 16.6. The standard InChI is InChI=1S/C20H20N2O8/c1-21(11-14-6-7-17-18(10-14)28-9-8-27-17)19(23)12-30-20(24)13-29-16-5-3-2-4-15(16)22(25)26/h2-7,10H,8-9,11-13H2,1H3. The number of hydrogen-bond acceptors (Lipinski definition) is 8. The first-order valence-electron chi connectivity index (χ1n) is 9.08. The minimum absolute atomic E-state index is 0.0542. The van der Waals surface area contributed by atoms with E-state index in [9.17, 15) is 19.7 Å². The molecule has 10 nitrogen and oxygen atoms in total. The van der Waals surface area contributed by atoms with Crippen LogP contribution in [-0.4, -0.2) is 55.2 Å². The number of fused-ring (bicyclic) bond motifs is 1. The van der Waals surface area contributed by atoms with Crippen molar-refractivity contribution in [3.05, 3.63) is 58.1 Å². The maximum absolute atomic E-state index is 12.2. The van der Waals surface area contributed by atoms with E-state index in [0.29, 0.717) is 31.3 Å². The van der Waals surface area contributed by atoms with Crippen LogP contribution in [-0.2, 0) is 20.9 Å². The fraction of sp³-hybridized carbons (Fsp3) is 0.300. The average Bonchev–Trinajstić information content (AvgIpc) is 2.76. The van der Waals surface area contributed by atoms with Crippen LogP contribution in [0.25, 0.3) is 0 Å². The molecule has 2 aromatic carbocycles. The molecule has 0 saturated carbocycles. The highest BCUT2D eigenvalue weighted by molar-refractivity contribution is 5.81. The second kappa shape index (κ2) is 9.59. The van der Waals surface area contributed by atoms with E-state index < -0.39 is 30.0 Å². The van der Waals surface area contributed by atoms with E-state index >= 15 is 0 Å². The minimum Gasteiger partial charge on any atom is -0.486 e. The number of rotatable bonds is 8. The molecule has 10 heteroatoms. The van der Waals surface area contributed by atoms with Crippen molar-refractivity contribution in [3.8, 4) is 17.2 Å². The van der Waals surface area contributed by atoms with Gasteiger partial charge >= 0.3 is 11.7 Å². The van der Waals surface area contributed by atoms with Gasteiger partial charge in [0.05, 0.1) is 4.92 Å². The van der Waals surface area contributed by atoms with Crippen molar-refractivity contribution >= 4 is 17.6 Å². The Morgan fingerprint density at radius 3 is 2.60 bits per heavy atom. The molecule has 1 heterocycles. The number of esters is 1. The number of ether oxygens (including phenoxy) is 4. The summed E-state index contributed by atoms with van der Waals surface area (Å²) >= 11 is 0. The van der Waals surface area contributed by atoms with Gasteiger partial charge in [0.1, 0.15) is 13.2 Å². The van der Waals surface area contributed by atoms with Gasteiger partial charge in [0.15, 0.2) is 30.5 Å². The van der Waals surface area contributed by atoms with Gasteiger partial charge in [-0.2, -0.15) is 0 Å². The van der Waals surface area contributed by atoms with Crippen LogP contribution >= 0.6 is 0 Å². The molecule has 0 atom stereocenters. The highest BCUT2D eigenvalue weighted by Crippen LogP contribution is 2.31. The number of para-hydroxylation sites is 2. The largest absolute Gasteiger partial charge is 0.486 e. The smallest absolute Gasteiger partial charge is 0.344 e. The van der Waals surface area contributed by atoms with E-state index in [2.05, 4.69) is 0 Å². The third kappa shape index (κ3) is 5.37. The number of likely N-dealkylation sites (N-methyl/N-ethyl adjacent to an activating group) is 1. The molecule has 0 spiro atoms. The van der Waals surface area contributed by atoms with Gasteiger partial charge in [-0.25, -0.2) is 4.79 Å². The van der Waals surface area contributed by atoms with Crippen molar-refractivity contribution in [2.75, 3.05) is 33.5 Å². The summed E-state index contributed by atoms with van der Waals surface area (Å²) in [7, 11) is 1.58. The van der Waals surface area contributed by atoms with Crippen LogP contribution in [0.15, 0.2) is 42.5 Å². The first kappa shape index (κ1) is 20.9. The molecular weight excluding hydrogens is 396 g/mol. The zero-order chi connectivity index (χ0) is 21.5. The lowest BCUT2D eigenvalue weighted by Gasteiger charge is -2.21. The number of carbonyl (C=O) groups is 2. The van der Waals surface area contributed by atoms with Crippen molar-refractivity contribution in [3.63, 3.8) is 0 Å². The number of amides is 1. The van der Waals surface area contributed by atoms with Crippen molar-refractivity contribution in [2.24, 2.45) is 0 Å². The molecule has 0 fully saturated rings. The minimum atomic E-state index is -0.811. The third-order valence-corrected chi connectivity index (χ3v) is 4.22. The van der Waals surface area contributed by atoms with Crippen molar-refractivity contribution < 1.29 is 33.5 Å². The molecule has 0 bridgehead atoms. The molecule has 0 aromatic heterocycles. The van der Waals surface area contributed by atoms with E-state index in [1.165, 1.54) is 23.1 Å². The molecule has 158 valence electrons.